The Balaban J connectivity index is 1.36. The van der Waals surface area contributed by atoms with Gasteiger partial charge >= 0.3 is 0 Å². The molecule has 32 heavy (non-hydrogen) atoms. The topological polar surface area (TPSA) is 66.3 Å². The molecule has 5 rings (SSSR count). The number of hydrogen-bond donors (Lipinski definition) is 1. The normalized spacial score (nSPS) is 18.9. The van der Waals surface area contributed by atoms with Gasteiger partial charge in [0.15, 0.2) is 0 Å². The highest BCUT2D eigenvalue weighted by Crippen LogP contribution is 2.35. The zero-order valence-electron chi connectivity index (χ0n) is 17.9. The van der Waals surface area contributed by atoms with E-state index in [1.807, 2.05) is 17.9 Å². The van der Waals surface area contributed by atoms with Gasteiger partial charge in [-0.1, -0.05) is 42.5 Å². The minimum absolute atomic E-state index is 0.0233. The zero-order valence-corrected chi connectivity index (χ0v) is 17.9. The highest BCUT2D eigenvalue weighted by Gasteiger charge is 2.36. The van der Waals surface area contributed by atoms with Crippen molar-refractivity contribution in [3.05, 3.63) is 89.1 Å². The molecule has 2 aromatic carbocycles. The SMILES string of the molecule is CC1=C(C(=O)N2CCN(Cc3ccccc3)CC2)C(c2ccc(F)cc2)n2ncnc2N1. The summed E-state index contributed by atoms with van der Waals surface area (Å²) in [5.41, 5.74) is 3.44. The average molecular weight is 433 g/mol. The molecule has 1 atom stereocenters. The molecule has 0 bridgehead atoms. The Morgan fingerprint density at radius 2 is 1.78 bits per heavy atom. The van der Waals surface area contributed by atoms with Crippen LogP contribution in [0.15, 0.2) is 72.2 Å². The standard InChI is InChI=1S/C24H25FN6O/c1-17-21(22(19-7-9-20(25)10-8-19)31-24(28-17)26-16-27-31)23(32)30-13-11-29(12-14-30)15-18-5-3-2-4-6-18/h2-10,16,22H,11-15H2,1H3,(H,26,27,28). The van der Waals surface area contributed by atoms with Crippen LogP contribution in [0.25, 0.3) is 0 Å². The van der Waals surface area contributed by atoms with Gasteiger partial charge in [-0.3, -0.25) is 9.69 Å². The maximum atomic E-state index is 13.7. The van der Waals surface area contributed by atoms with Crippen LogP contribution in [-0.4, -0.2) is 56.7 Å². The van der Waals surface area contributed by atoms with Crippen molar-refractivity contribution < 1.29 is 9.18 Å². The van der Waals surface area contributed by atoms with Crippen LogP contribution in [-0.2, 0) is 11.3 Å². The highest BCUT2D eigenvalue weighted by molar-refractivity contribution is 5.96. The number of allylic oxidation sites excluding steroid dienone is 1. The summed E-state index contributed by atoms with van der Waals surface area (Å²) in [5, 5.41) is 7.54. The first-order valence-electron chi connectivity index (χ1n) is 10.8. The molecular weight excluding hydrogens is 407 g/mol. The Morgan fingerprint density at radius 3 is 2.50 bits per heavy atom. The van der Waals surface area contributed by atoms with Gasteiger partial charge in [-0.15, -0.1) is 0 Å². The van der Waals surface area contributed by atoms with Gasteiger partial charge in [0, 0.05) is 38.4 Å². The molecular formula is C24H25FN6O. The van der Waals surface area contributed by atoms with Crippen LogP contribution in [0.2, 0.25) is 0 Å². The minimum Gasteiger partial charge on any atom is -0.336 e. The summed E-state index contributed by atoms with van der Waals surface area (Å²) < 4.78 is 15.3. The number of halogens is 1. The van der Waals surface area contributed by atoms with E-state index < -0.39 is 6.04 Å². The molecule has 0 saturated carbocycles. The lowest BCUT2D eigenvalue weighted by atomic mass is 9.94. The van der Waals surface area contributed by atoms with Crippen LogP contribution in [0.4, 0.5) is 10.3 Å². The number of aromatic nitrogens is 3. The van der Waals surface area contributed by atoms with E-state index in [0.29, 0.717) is 24.6 Å². The molecule has 2 aliphatic rings. The van der Waals surface area contributed by atoms with Gasteiger partial charge < -0.3 is 10.2 Å². The van der Waals surface area contributed by atoms with Gasteiger partial charge in [0.25, 0.3) is 5.91 Å². The summed E-state index contributed by atoms with van der Waals surface area (Å²) in [6, 6.07) is 16.1. The Hall–Kier alpha value is -3.52. The lowest BCUT2D eigenvalue weighted by Gasteiger charge is -2.37. The van der Waals surface area contributed by atoms with Crippen molar-refractivity contribution in [1.29, 1.82) is 0 Å². The molecule has 1 aromatic heterocycles. The van der Waals surface area contributed by atoms with Crippen LogP contribution in [0.5, 0.6) is 0 Å². The van der Waals surface area contributed by atoms with Crippen molar-refractivity contribution in [3.63, 3.8) is 0 Å². The van der Waals surface area contributed by atoms with E-state index >= 15 is 0 Å². The van der Waals surface area contributed by atoms with E-state index in [4.69, 9.17) is 0 Å². The van der Waals surface area contributed by atoms with Gasteiger partial charge in [0.2, 0.25) is 5.95 Å². The van der Waals surface area contributed by atoms with Crippen molar-refractivity contribution in [2.75, 3.05) is 31.5 Å². The van der Waals surface area contributed by atoms with Gasteiger partial charge in [0.1, 0.15) is 18.2 Å². The molecule has 7 nitrogen and oxygen atoms in total. The molecule has 1 N–H and O–H groups in total. The summed E-state index contributed by atoms with van der Waals surface area (Å²) in [6.45, 7) is 5.71. The number of anilines is 1. The fourth-order valence-corrected chi connectivity index (χ4v) is 4.44. The van der Waals surface area contributed by atoms with E-state index in [1.165, 1.54) is 24.0 Å². The minimum atomic E-state index is -0.454. The molecule has 1 fully saturated rings. The fraction of sp³-hybridized carbons (Fsp3) is 0.292. The zero-order chi connectivity index (χ0) is 22.1. The molecule has 0 spiro atoms. The Morgan fingerprint density at radius 1 is 1.06 bits per heavy atom. The summed E-state index contributed by atoms with van der Waals surface area (Å²) in [5.74, 6) is 0.232. The lowest BCUT2D eigenvalue weighted by molar-refractivity contribution is -0.129. The molecule has 0 aliphatic carbocycles. The van der Waals surface area contributed by atoms with Crippen LogP contribution in [0.1, 0.15) is 24.1 Å². The molecule has 1 amide bonds. The quantitative estimate of drug-likeness (QED) is 0.687. The third-order valence-corrected chi connectivity index (χ3v) is 6.12. The summed E-state index contributed by atoms with van der Waals surface area (Å²) in [7, 11) is 0. The number of piperazine rings is 1. The second-order valence-corrected chi connectivity index (χ2v) is 8.20. The number of carbonyl (C=O) groups excluding carboxylic acids is 1. The van der Waals surface area contributed by atoms with E-state index in [1.54, 1.807) is 16.8 Å². The second-order valence-electron chi connectivity index (χ2n) is 8.20. The number of fused-ring (bicyclic) bond motifs is 1. The Labute approximate surface area is 186 Å². The van der Waals surface area contributed by atoms with Crippen molar-refractivity contribution in [2.45, 2.75) is 19.5 Å². The first-order valence-corrected chi connectivity index (χ1v) is 10.8. The second kappa shape index (κ2) is 8.55. The van der Waals surface area contributed by atoms with Gasteiger partial charge in [0.05, 0.1) is 5.57 Å². The number of nitrogens with zero attached hydrogens (tertiary/aromatic N) is 5. The van der Waals surface area contributed by atoms with Gasteiger partial charge in [-0.2, -0.15) is 10.1 Å². The van der Waals surface area contributed by atoms with Crippen molar-refractivity contribution in [3.8, 4) is 0 Å². The highest BCUT2D eigenvalue weighted by atomic mass is 19.1. The molecule has 164 valence electrons. The molecule has 0 radical (unpaired) electrons. The van der Waals surface area contributed by atoms with Crippen LogP contribution in [0, 0.1) is 5.82 Å². The van der Waals surface area contributed by atoms with Crippen LogP contribution >= 0.6 is 0 Å². The Kier molecular flexibility index (Phi) is 5.45. The monoisotopic (exact) mass is 432 g/mol. The van der Waals surface area contributed by atoms with Crippen molar-refractivity contribution in [2.24, 2.45) is 0 Å². The van der Waals surface area contributed by atoms with Gasteiger partial charge in [-0.05, 0) is 30.2 Å². The number of amides is 1. The predicted molar refractivity (Wildman–Crippen MR) is 119 cm³/mol. The van der Waals surface area contributed by atoms with Gasteiger partial charge in [-0.25, -0.2) is 9.07 Å². The van der Waals surface area contributed by atoms with E-state index in [9.17, 15) is 9.18 Å². The number of carbonyl (C=O) groups is 1. The molecule has 2 aliphatic heterocycles. The Bertz CT molecular complexity index is 1130. The lowest BCUT2D eigenvalue weighted by Crippen LogP contribution is -2.50. The number of rotatable bonds is 4. The van der Waals surface area contributed by atoms with Crippen molar-refractivity contribution in [1.82, 2.24) is 24.6 Å². The fourth-order valence-electron chi connectivity index (χ4n) is 4.44. The first-order chi connectivity index (χ1) is 15.6. The smallest absolute Gasteiger partial charge is 0.254 e. The number of benzene rings is 2. The van der Waals surface area contributed by atoms with E-state index in [2.05, 4.69) is 44.6 Å². The molecule has 3 heterocycles. The third kappa shape index (κ3) is 3.89. The molecule has 3 aromatic rings. The maximum Gasteiger partial charge on any atom is 0.254 e. The average Bonchev–Trinajstić information content (AvgIpc) is 3.28. The first kappa shape index (κ1) is 20.4. The maximum absolute atomic E-state index is 13.7. The van der Waals surface area contributed by atoms with Crippen LogP contribution < -0.4 is 5.32 Å². The van der Waals surface area contributed by atoms with Crippen molar-refractivity contribution >= 4 is 11.9 Å². The van der Waals surface area contributed by atoms with E-state index in [0.717, 1.165) is 30.9 Å². The predicted octanol–water partition coefficient (Wildman–Crippen LogP) is 3.05. The summed E-state index contributed by atoms with van der Waals surface area (Å²) in [4.78, 5) is 22.2. The van der Waals surface area contributed by atoms with E-state index in [-0.39, 0.29) is 11.7 Å². The summed E-state index contributed by atoms with van der Waals surface area (Å²) in [6.07, 6.45) is 1.46. The third-order valence-electron chi connectivity index (χ3n) is 6.12. The molecule has 1 unspecified atom stereocenters. The van der Waals surface area contributed by atoms with Crippen LogP contribution in [0.3, 0.4) is 0 Å². The molecule has 1 saturated heterocycles. The summed E-state index contributed by atoms with van der Waals surface area (Å²) >= 11 is 0. The largest absolute Gasteiger partial charge is 0.336 e. The molecule has 8 heteroatoms. The number of nitrogens with one attached hydrogen (secondary N) is 1. The number of hydrogen-bond acceptors (Lipinski definition) is 5.